The highest BCUT2D eigenvalue weighted by atomic mass is 16.3. The van der Waals surface area contributed by atoms with Crippen molar-refractivity contribution in [2.45, 2.75) is 429 Å². The lowest BCUT2D eigenvalue weighted by Gasteiger charge is -2.28. The third kappa shape index (κ3) is 52.9. The maximum Gasteiger partial charge on any atom is 0.0819 e. The minimum absolute atomic E-state index is 0. The molecule has 0 radical (unpaired) electrons. The van der Waals surface area contributed by atoms with Gasteiger partial charge in [-0.25, -0.2) is 0 Å². The molecule has 0 aliphatic heterocycles. The molecule has 3 saturated carbocycles. The normalized spacial score (nSPS) is 14.9. The summed E-state index contributed by atoms with van der Waals surface area (Å²) in [4.78, 5) is 0. The summed E-state index contributed by atoms with van der Waals surface area (Å²) in [5.41, 5.74) is 14.3. The molecule has 136 heavy (non-hydrogen) atoms. The lowest BCUT2D eigenvalue weighted by Crippen LogP contribution is -2.36. The second-order valence-corrected chi connectivity index (χ2v) is 39.6. The van der Waals surface area contributed by atoms with Gasteiger partial charge in [0.2, 0.25) is 0 Å². The molecule has 3 fully saturated rings. The first-order chi connectivity index (χ1) is 65.5. The van der Waals surface area contributed by atoms with Gasteiger partial charge in [-0.1, -0.05) is 344 Å². The Labute approximate surface area is 832 Å². The van der Waals surface area contributed by atoms with Gasteiger partial charge >= 0.3 is 0 Å². The van der Waals surface area contributed by atoms with Crippen LogP contribution in [0.4, 0.5) is 39.8 Å². The van der Waals surface area contributed by atoms with Crippen LogP contribution in [0.5, 0.6) is 0 Å². The van der Waals surface area contributed by atoms with Crippen molar-refractivity contribution in [1.29, 1.82) is 0 Å². The first-order valence-corrected chi connectivity index (χ1v) is 54.9. The molecule has 10 rings (SSSR count). The Hall–Kier alpha value is -7.18. The van der Waals surface area contributed by atoms with E-state index in [1.54, 1.807) is 0 Å². The number of hydrogen-bond donors (Lipinski definition) is 15. The van der Waals surface area contributed by atoms with Crippen molar-refractivity contribution in [3.63, 3.8) is 0 Å². The van der Waals surface area contributed by atoms with Crippen molar-refractivity contribution in [3.8, 4) is 0 Å². The van der Waals surface area contributed by atoms with Gasteiger partial charge in [-0.3, -0.25) is 0 Å². The van der Waals surface area contributed by atoms with Gasteiger partial charge in [0.25, 0.3) is 0 Å². The van der Waals surface area contributed by atoms with E-state index in [1.807, 2.05) is 97.1 Å². The molecule has 0 saturated heterocycles. The third-order valence-corrected chi connectivity index (χ3v) is 27.3. The molecule has 7 atom stereocenters. The number of rotatable bonds is 56. The van der Waals surface area contributed by atoms with Crippen LogP contribution in [-0.2, 0) is 0 Å². The molecule has 15 nitrogen and oxygen atoms in total. The average molecular weight is 1880 g/mol. The number of nitrogens with one attached hydrogen (secondary N) is 7. The average Bonchev–Trinajstić information content (AvgIpc) is 0.982. The lowest BCUT2D eigenvalue weighted by molar-refractivity contribution is 0.0343. The van der Waals surface area contributed by atoms with E-state index in [1.165, 1.54) is 154 Å². The molecular weight excluding hydrogens is 1680 g/mol. The van der Waals surface area contributed by atoms with Gasteiger partial charge in [0.05, 0.1) is 48.3 Å². The Morgan fingerprint density at radius 2 is 0.434 bits per heavy atom. The van der Waals surface area contributed by atoms with Crippen molar-refractivity contribution in [3.05, 3.63) is 209 Å². The third-order valence-electron chi connectivity index (χ3n) is 27.3. The summed E-state index contributed by atoms with van der Waals surface area (Å²) in [5, 5.41) is 105. The van der Waals surface area contributed by atoms with Crippen LogP contribution in [0, 0.1) is 35.5 Å². The number of aliphatic hydroxyl groups is 8. The summed E-state index contributed by atoms with van der Waals surface area (Å²) in [7, 11) is 0. The minimum atomic E-state index is -0.637. The SMILES string of the molecule is C.CCCC(CCC)CNc1cccc(C(O)CCC)c1.CCCC(CCC)CNc1cccc(C(O)CCC)c1.CCCC(O)c1cccc(NCC(CC)CC)c1.CCCC(O)c1cccc(NCC(O)(CCC)CCC)c1.CCCC(O)c1cccc(NCC2CCCC2)c1.CCCC(O)c1cccc(NCC2CCCCC2)c1.CCCC(O)c1cccc(NCC2CCCCC2)c1. The highest BCUT2D eigenvalue weighted by Crippen LogP contribution is 2.34. The van der Waals surface area contributed by atoms with Gasteiger partial charge < -0.3 is 78.1 Å². The van der Waals surface area contributed by atoms with Crippen molar-refractivity contribution in [1.82, 2.24) is 0 Å². The fourth-order valence-electron chi connectivity index (χ4n) is 19.0. The van der Waals surface area contributed by atoms with Crippen LogP contribution in [0.2, 0.25) is 0 Å². The fraction of sp³-hybridized carbons (Fsp3) is 0.653. The van der Waals surface area contributed by atoms with E-state index in [0.717, 1.165) is 269 Å². The number of benzene rings is 7. The van der Waals surface area contributed by atoms with E-state index in [0.29, 0.717) is 6.54 Å². The predicted octanol–water partition coefficient (Wildman–Crippen LogP) is 32.7. The molecular formula is C121H203N7O8. The van der Waals surface area contributed by atoms with Crippen LogP contribution in [0.15, 0.2) is 170 Å². The summed E-state index contributed by atoms with van der Waals surface area (Å²) in [6.45, 7) is 39.2. The maximum atomic E-state index is 10.6. The molecule has 7 aromatic carbocycles. The molecule has 0 spiro atoms. The minimum Gasteiger partial charge on any atom is -0.388 e. The molecule has 15 N–H and O–H groups in total. The first kappa shape index (κ1) is 123. The smallest absolute Gasteiger partial charge is 0.0819 e. The summed E-state index contributed by atoms with van der Waals surface area (Å²) in [6, 6.07) is 57.3. The first-order valence-electron chi connectivity index (χ1n) is 54.9. The van der Waals surface area contributed by atoms with Gasteiger partial charge in [0.15, 0.2) is 0 Å². The Bertz CT molecular complexity index is 3770. The van der Waals surface area contributed by atoms with E-state index in [9.17, 15) is 40.9 Å². The molecule has 770 valence electrons. The summed E-state index contributed by atoms with van der Waals surface area (Å²) < 4.78 is 0. The Morgan fingerprint density at radius 1 is 0.243 bits per heavy atom. The van der Waals surface area contributed by atoms with Crippen LogP contribution in [0.3, 0.4) is 0 Å². The standard InChI is InChI=1S/C18H31NO2.2C18H31NO.2C17H27NO.C16H25NO.C16H27NO.CH4/c1-4-8-17(20)15-9-7-10-16(13-15)19-14-18(21,11-5-2)12-6-3;2*1-4-8-15(9-5-2)14-19-17-12-7-11-16(13-17)18(20)10-6-3;2*1-2-7-17(19)15-10-6-11-16(12-15)18-13-14-8-4-3-5-9-14;1-2-6-16(18)14-9-5-10-15(11-14)17-12-13-7-3-4-8-13;1-4-8-16(18)14-9-7-10-15(11-14)17-12-13(5-2)6-3;/h7,9-10,13,17,19-21H,4-6,8,11-12,14H2,1-3H3;2*7,11-13,15,18-20H,4-6,8-10,14H2,1-3H3;2*6,10-12,14,17-19H,2-5,7-9,13H2,1H3;5,9-11,13,16-18H,2-4,6-8,12H2,1H3;7,9-11,13,16-18H,4-6,8,12H2,1-3H3;1H4. The van der Waals surface area contributed by atoms with Crippen LogP contribution >= 0.6 is 0 Å². The van der Waals surface area contributed by atoms with Crippen LogP contribution in [-0.4, -0.2) is 92.3 Å². The molecule has 0 aromatic heterocycles. The summed E-state index contributed by atoms with van der Waals surface area (Å²) in [5.74, 6) is 4.75. The quantitative estimate of drug-likeness (QED) is 0.0169. The Morgan fingerprint density at radius 3 is 0.632 bits per heavy atom. The molecule has 15 heteroatoms. The number of hydrogen-bond acceptors (Lipinski definition) is 15. The Balaban J connectivity index is 0.000000408. The van der Waals surface area contributed by atoms with E-state index < -0.39 is 11.7 Å². The summed E-state index contributed by atoms with van der Waals surface area (Å²) >= 11 is 0. The van der Waals surface area contributed by atoms with Crippen LogP contribution in [0.25, 0.3) is 0 Å². The monoisotopic (exact) mass is 1880 g/mol. The van der Waals surface area contributed by atoms with E-state index in [-0.39, 0.29) is 44.1 Å². The topological polar surface area (TPSA) is 246 Å². The number of anilines is 7. The maximum absolute atomic E-state index is 10.6. The van der Waals surface area contributed by atoms with Gasteiger partial charge in [-0.05, 0) is 281 Å². The van der Waals surface area contributed by atoms with Crippen LogP contribution in [0.1, 0.15) is 463 Å². The van der Waals surface area contributed by atoms with Crippen molar-refractivity contribution in [2.75, 3.05) is 83.0 Å². The highest BCUT2D eigenvalue weighted by Gasteiger charge is 2.26. The zero-order valence-corrected chi connectivity index (χ0v) is 87.9. The number of aliphatic hydroxyl groups excluding tert-OH is 7. The van der Waals surface area contributed by atoms with E-state index in [2.05, 4.69) is 214 Å². The molecule has 0 heterocycles. The zero-order chi connectivity index (χ0) is 98.5. The fourth-order valence-corrected chi connectivity index (χ4v) is 19.0. The van der Waals surface area contributed by atoms with Gasteiger partial charge in [0.1, 0.15) is 0 Å². The molecule has 3 aliphatic rings. The molecule has 0 amide bonds. The largest absolute Gasteiger partial charge is 0.388 e. The Kier molecular flexibility index (Phi) is 69.3. The second kappa shape index (κ2) is 76.6. The van der Waals surface area contributed by atoms with Gasteiger partial charge in [-0.15, -0.1) is 0 Å². The summed E-state index contributed by atoms with van der Waals surface area (Å²) in [6.07, 6.45) is 46.0. The van der Waals surface area contributed by atoms with E-state index in [4.69, 9.17) is 0 Å². The van der Waals surface area contributed by atoms with Crippen molar-refractivity contribution >= 4 is 39.8 Å². The zero-order valence-electron chi connectivity index (χ0n) is 87.9. The molecule has 7 unspecified atom stereocenters. The molecule has 0 bridgehead atoms. The molecule has 7 aromatic rings. The lowest BCUT2D eigenvalue weighted by atomic mass is 9.89. The van der Waals surface area contributed by atoms with Crippen molar-refractivity contribution < 1.29 is 40.9 Å². The second-order valence-electron chi connectivity index (χ2n) is 39.6. The molecule has 3 aliphatic carbocycles. The van der Waals surface area contributed by atoms with E-state index >= 15 is 0 Å². The van der Waals surface area contributed by atoms with Gasteiger partial charge in [-0.2, -0.15) is 0 Å². The van der Waals surface area contributed by atoms with Gasteiger partial charge in [0, 0.05) is 85.6 Å². The van der Waals surface area contributed by atoms with Crippen LogP contribution < -0.4 is 37.2 Å². The highest BCUT2D eigenvalue weighted by molar-refractivity contribution is 5.51. The predicted molar refractivity (Wildman–Crippen MR) is 591 cm³/mol. The van der Waals surface area contributed by atoms with Crippen molar-refractivity contribution in [2.24, 2.45) is 35.5 Å².